The maximum absolute atomic E-state index is 13.1. The Labute approximate surface area is 233 Å². The van der Waals surface area contributed by atoms with E-state index in [4.69, 9.17) is 39.5 Å². The van der Waals surface area contributed by atoms with Gasteiger partial charge in [0.15, 0.2) is 5.75 Å². The Morgan fingerprint density at radius 1 is 0.897 bits per heavy atom. The molecule has 0 radical (unpaired) electrons. The summed E-state index contributed by atoms with van der Waals surface area (Å²) < 4.78 is 5.50. The minimum atomic E-state index is -0.966. The molecule has 3 aromatic carbocycles. The van der Waals surface area contributed by atoms with Crippen LogP contribution in [0.2, 0.25) is 15.1 Å². The number of non-ortho nitro benzene ring substituents is 1. The third-order valence-electron chi connectivity index (χ3n) is 5.41. The number of ether oxygens (including phenoxy) is 1. The van der Waals surface area contributed by atoms with Gasteiger partial charge in [0.05, 0.1) is 31.6 Å². The molecule has 0 aromatic heterocycles. The second-order valence-corrected chi connectivity index (χ2v) is 9.19. The number of nitrogens with zero attached hydrogens (tertiary/aromatic N) is 3. The van der Waals surface area contributed by atoms with Crippen LogP contribution < -0.4 is 15.0 Å². The summed E-state index contributed by atoms with van der Waals surface area (Å²) in [5.41, 5.74) is -0.640. The molecule has 0 saturated carbocycles. The van der Waals surface area contributed by atoms with Crippen LogP contribution in [0.25, 0.3) is 6.08 Å². The Bertz CT molecular complexity index is 1620. The van der Waals surface area contributed by atoms with Gasteiger partial charge in [-0.15, -0.1) is 0 Å². The number of barbiturate groups is 1. The van der Waals surface area contributed by atoms with Crippen LogP contribution in [0.3, 0.4) is 0 Å². The lowest BCUT2D eigenvalue weighted by atomic mass is 10.1. The molecule has 1 aliphatic rings. The molecule has 1 N–H and O–H groups in total. The van der Waals surface area contributed by atoms with Crippen LogP contribution in [0.5, 0.6) is 11.5 Å². The fourth-order valence-electron chi connectivity index (χ4n) is 3.50. The van der Waals surface area contributed by atoms with Gasteiger partial charge in [-0.1, -0.05) is 40.9 Å². The van der Waals surface area contributed by atoms with E-state index in [1.165, 1.54) is 24.3 Å². The molecule has 3 aromatic rings. The molecule has 1 heterocycles. The number of benzene rings is 3. The predicted octanol–water partition coefficient (Wildman–Crippen LogP) is 6.23. The van der Waals surface area contributed by atoms with Gasteiger partial charge in [0, 0.05) is 11.1 Å². The molecule has 0 aliphatic carbocycles. The van der Waals surface area contributed by atoms with E-state index in [2.05, 4.69) is 5.32 Å². The number of nitrogens with one attached hydrogen (secondary N) is 1. The first-order valence-corrected chi connectivity index (χ1v) is 11.8. The molecule has 15 heteroatoms. The number of aryl methyl sites for hydroxylation is 1. The van der Waals surface area contributed by atoms with Gasteiger partial charge in [0.2, 0.25) is 5.75 Å². The summed E-state index contributed by atoms with van der Waals surface area (Å²) in [6.45, 7) is 1.74. The van der Waals surface area contributed by atoms with E-state index in [-0.39, 0.29) is 32.8 Å². The summed E-state index contributed by atoms with van der Waals surface area (Å²) in [7, 11) is 0. The van der Waals surface area contributed by atoms with Crippen LogP contribution in [-0.4, -0.2) is 27.7 Å². The Balaban J connectivity index is 1.69. The minimum absolute atomic E-state index is 0.135. The molecular formula is C24H13Cl3N4O8. The molecule has 0 atom stereocenters. The van der Waals surface area contributed by atoms with Crippen LogP contribution in [0.15, 0.2) is 54.1 Å². The predicted molar refractivity (Wildman–Crippen MR) is 141 cm³/mol. The summed E-state index contributed by atoms with van der Waals surface area (Å²) in [6, 6.07) is 8.79. The van der Waals surface area contributed by atoms with Crippen LogP contribution >= 0.6 is 34.8 Å². The highest BCUT2D eigenvalue weighted by molar-refractivity contribution is 6.40. The van der Waals surface area contributed by atoms with Crippen LogP contribution in [0, 0.1) is 27.2 Å². The summed E-state index contributed by atoms with van der Waals surface area (Å²) in [5, 5.41) is 24.4. The number of hydrogen-bond donors (Lipinski definition) is 1. The summed E-state index contributed by atoms with van der Waals surface area (Å²) in [5.74, 6) is -2.48. The highest BCUT2D eigenvalue weighted by Gasteiger charge is 2.37. The molecule has 1 aliphatic heterocycles. The Morgan fingerprint density at radius 3 is 2.15 bits per heavy atom. The normalized spacial score (nSPS) is 14.4. The van der Waals surface area contributed by atoms with Gasteiger partial charge in [-0.2, -0.15) is 0 Å². The SMILES string of the molecule is Cc1ccc(N2C(=O)NC(=O)/C(=C\c3cc(Cl)c(Oc4ccc([N+](=O)[O-])cc4[N+](=O)[O-])c(Cl)c3)C2=O)cc1Cl. The van der Waals surface area contributed by atoms with Crippen molar-refractivity contribution in [2.45, 2.75) is 6.92 Å². The molecule has 198 valence electrons. The fourth-order valence-corrected chi connectivity index (χ4v) is 4.25. The number of anilines is 1. The molecular weight excluding hydrogens is 579 g/mol. The van der Waals surface area contributed by atoms with Crippen molar-refractivity contribution in [2.24, 2.45) is 0 Å². The van der Waals surface area contributed by atoms with Crippen molar-refractivity contribution in [3.05, 3.63) is 101 Å². The van der Waals surface area contributed by atoms with Gasteiger partial charge in [0.25, 0.3) is 17.5 Å². The monoisotopic (exact) mass is 590 g/mol. The van der Waals surface area contributed by atoms with Gasteiger partial charge in [0.1, 0.15) is 5.57 Å². The minimum Gasteiger partial charge on any atom is -0.447 e. The van der Waals surface area contributed by atoms with Gasteiger partial charge in [-0.25, -0.2) is 9.69 Å². The number of hydrogen-bond acceptors (Lipinski definition) is 8. The molecule has 4 rings (SSSR count). The highest BCUT2D eigenvalue weighted by Crippen LogP contribution is 2.41. The molecule has 39 heavy (non-hydrogen) atoms. The maximum atomic E-state index is 13.1. The highest BCUT2D eigenvalue weighted by atomic mass is 35.5. The summed E-state index contributed by atoms with van der Waals surface area (Å²) in [6.07, 6.45) is 1.14. The molecule has 4 amide bonds. The number of urea groups is 1. The van der Waals surface area contributed by atoms with E-state index in [0.717, 1.165) is 29.2 Å². The fraction of sp³-hybridized carbons (Fsp3) is 0.0417. The Kier molecular flexibility index (Phi) is 7.54. The quantitative estimate of drug-likeness (QED) is 0.153. The van der Waals surface area contributed by atoms with Crippen molar-refractivity contribution in [3.8, 4) is 11.5 Å². The second-order valence-electron chi connectivity index (χ2n) is 7.97. The van der Waals surface area contributed by atoms with E-state index < -0.39 is 44.6 Å². The third-order valence-corrected chi connectivity index (χ3v) is 6.38. The first-order chi connectivity index (χ1) is 18.4. The first-order valence-electron chi connectivity index (χ1n) is 10.6. The van der Waals surface area contributed by atoms with E-state index in [9.17, 15) is 34.6 Å². The van der Waals surface area contributed by atoms with E-state index in [0.29, 0.717) is 10.6 Å². The smallest absolute Gasteiger partial charge is 0.335 e. The number of nitro benzene ring substituents is 2. The Morgan fingerprint density at radius 2 is 1.56 bits per heavy atom. The van der Waals surface area contributed by atoms with Gasteiger partial charge in [-0.3, -0.25) is 35.1 Å². The zero-order valence-electron chi connectivity index (χ0n) is 19.4. The lowest BCUT2D eigenvalue weighted by Crippen LogP contribution is -2.54. The maximum Gasteiger partial charge on any atom is 0.335 e. The van der Waals surface area contributed by atoms with Crippen molar-refractivity contribution in [1.82, 2.24) is 5.32 Å². The van der Waals surface area contributed by atoms with Gasteiger partial charge >= 0.3 is 11.7 Å². The van der Waals surface area contributed by atoms with Crippen molar-refractivity contribution < 1.29 is 29.0 Å². The number of carbonyl (C=O) groups is 3. The van der Waals surface area contributed by atoms with Crippen LogP contribution in [0.1, 0.15) is 11.1 Å². The van der Waals surface area contributed by atoms with Crippen LogP contribution in [-0.2, 0) is 9.59 Å². The van der Waals surface area contributed by atoms with E-state index in [1.54, 1.807) is 13.0 Å². The summed E-state index contributed by atoms with van der Waals surface area (Å²) in [4.78, 5) is 59.5. The average molecular weight is 592 g/mol. The largest absolute Gasteiger partial charge is 0.447 e. The zero-order chi connectivity index (χ0) is 28.6. The lowest BCUT2D eigenvalue weighted by Gasteiger charge is -2.26. The van der Waals surface area contributed by atoms with Crippen molar-refractivity contribution in [1.29, 1.82) is 0 Å². The first kappa shape index (κ1) is 27.5. The summed E-state index contributed by atoms with van der Waals surface area (Å²) >= 11 is 18.7. The molecule has 12 nitrogen and oxygen atoms in total. The van der Waals surface area contributed by atoms with Gasteiger partial charge in [-0.05, 0) is 54.5 Å². The average Bonchev–Trinajstić information content (AvgIpc) is 2.86. The number of imide groups is 2. The topological polar surface area (TPSA) is 162 Å². The molecule has 1 fully saturated rings. The van der Waals surface area contributed by atoms with Gasteiger partial charge < -0.3 is 4.74 Å². The van der Waals surface area contributed by atoms with Crippen molar-refractivity contribution in [3.63, 3.8) is 0 Å². The van der Waals surface area contributed by atoms with Crippen LogP contribution in [0.4, 0.5) is 21.9 Å². The van der Waals surface area contributed by atoms with E-state index >= 15 is 0 Å². The molecule has 1 saturated heterocycles. The number of carbonyl (C=O) groups excluding carboxylic acids is 3. The molecule has 0 unspecified atom stereocenters. The molecule has 0 bridgehead atoms. The number of halogens is 3. The van der Waals surface area contributed by atoms with Crippen molar-refractivity contribution in [2.75, 3.05) is 4.90 Å². The molecule has 0 spiro atoms. The third kappa shape index (κ3) is 5.53. The second kappa shape index (κ2) is 10.7. The van der Waals surface area contributed by atoms with E-state index in [1.807, 2.05) is 0 Å². The van der Waals surface area contributed by atoms with Crippen molar-refractivity contribution >= 4 is 75.8 Å². The lowest BCUT2D eigenvalue weighted by molar-refractivity contribution is -0.394. The number of amides is 4. The zero-order valence-corrected chi connectivity index (χ0v) is 21.7. The standard InChI is InChI=1S/C24H13Cl3N4O8/c1-11-2-3-13(9-16(11)25)29-23(33)15(22(32)28-24(29)34)6-12-7-17(26)21(18(27)8-12)39-20-5-4-14(30(35)36)10-19(20)31(37)38/h2-10H,1H3,(H,28,32,34)/b15-6+. The number of nitro groups is 2. The Hall–Kier alpha value is -4.52. The number of rotatable bonds is 6.